The first-order chi connectivity index (χ1) is 9.31. The van der Waals surface area contributed by atoms with Crippen LogP contribution >= 0.6 is 0 Å². The highest BCUT2D eigenvalue weighted by molar-refractivity contribution is 5.49. The van der Waals surface area contributed by atoms with Gasteiger partial charge < -0.3 is 10.3 Å². The van der Waals surface area contributed by atoms with Crippen molar-refractivity contribution < 1.29 is 0 Å². The van der Waals surface area contributed by atoms with Gasteiger partial charge in [-0.3, -0.25) is 0 Å². The molecule has 0 aliphatic carbocycles. The van der Waals surface area contributed by atoms with Gasteiger partial charge in [0.2, 0.25) is 0 Å². The quantitative estimate of drug-likeness (QED) is 0.619. The number of aromatic nitrogens is 2. The Labute approximate surface area is 123 Å². The summed E-state index contributed by atoms with van der Waals surface area (Å²) in [7, 11) is 0. The molecule has 0 saturated heterocycles. The molecule has 0 fully saturated rings. The van der Waals surface area contributed by atoms with E-state index in [2.05, 4.69) is 56.9 Å². The van der Waals surface area contributed by atoms with Gasteiger partial charge in [-0.1, -0.05) is 41.0 Å². The standard InChI is InChI=1S/C15H29N5/c1-7-11(3)10-20(8-2)13-9-12(19-16)17-14(18-13)15(4,5)6/h9,11H,7-8,10,16H2,1-6H3,(H,17,18,19). The van der Waals surface area contributed by atoms with Gasteiger partial charge in [0.25, 0.3) is 0 Å². The fourth-order valence-corrected chi connectivity index (χ4v) is 1.90. The molecule has 0 radical (unpaired) electrons. The average Bonchev–Trinajstić information content (AvgIpc) is 2.42. The van der Waals surface area contributed by atoms with Crippen LogP contribution in [0.25, 0.3) is 0 Å². The first-order valence-corrected chi connectivity index (χ1v) is 7.42. The molecular weight excluding hydrogens is 250 g/mol. The van der Waals surface area contributed by atoms with Crippen LogP contribution in [0.15, 0.2) is 6.07 Å². The van der Waals surface area contributed by atoms with Crippen molar-refractivity contribution in [3.8, 4) is 0 Å². The predicted octanol–water partition coefficient (Wildman–Crippen LogP) is 2.93. The molecule has 1 unspecified atom stereocenters. The fourth-order valence-electron chi connectivity index (χ4n) is 1.90. The summed E-state index contributed by atoms with van der Waals surface area (Å²) in [6.07, 6.45) is 1.16. The average molecular weight is 279 g/mol. The minimum absolute atomic E-state index is 0.0998. The lowest BCUT2D eigenvalue weighted by molar-refractivity contribution is 0.530. The molecule has 3 N–H and O–H groups in total. The van der Waals surface area contributed by atoms with Crippen molar-refractivity contribution in [2.75, 3.05) is 23.4 Å². The zero-order valence-electron chi connectivity index (χ0n) is 13.7. The molecule has 0 spiro atoms. The van der Waals surface area contributed by atoms with Crippen molar-refractivity contribution in [2.24, 2.45) is 11.8 Å². The van der Waals surface area contributed by atoms with E-state index in [4.69, 9.17) is 10.8 Å². The predicted molar refractivity (Wildman–Crippen MR) is 85.9 cm³/mol. The molecule has 114 valence electrons. The molecule has 0 bridgehead atoms. The van der Waals surface area contributed by atoms with Crippen molar-refractivity contribution in [2.45, 2.75) is 53.4 Å². The molecular formula is C15H29N5. The van der Waals surface area contributed by atoms with Gasteiger partial charge in [0.1, 0.15) is 17.5 Å². The molecule has 0 amide bonds. The Bertz CT molecular complexity index is 425. The van der Waals surface area contributed by atoms with Crippen molar-refractivity contribution in [3.05, 3.63) is 11.9 Å². The molecule has 0 aromatic carbocycles. The minimum atomic E-state index is -0.0998. The molecule has 1 aromatic rings. The van der Waals surface area contributed by atoms with E-state index < -0.39 is 0 Å². The number of nitrogens with one attached hydrogen (secondary N) is 1. The zero-order chi connectivity index (χ0) is 15.3. The van der Waals surface area contributed by atoms with Gasteiger partial charge in [-0.05, 0) is 12.8 Å². The van der Waals surface area contributed by atoms with Crippen LogP contribution in [-0.4, -0.2) is 23.1 Å². The van der Waals surface area contributed by atoms with Crippen LogP contribution < -0.4 is 16.2 Å². The number of hydrogen-bond donors (Lipinski definition) is 2. The molecule has 0 aliphatic rings. The summed E-state index contributed by atoms with van der Waals surface area (Å²) in [5.74, 6) is 8.60. The summed E-state index contributed by atoms with van der Waals surface area (Å²) >= 11 is 0. The Morgan fingerprint density at radius 3 is 2.40 bits per heavy atom. The first kappa shape index (κ1) is 16.7. The fraction of sp³-hybridized carbons (Fsp3) is 0.733. The Morgan fingerprint density at radius 1 is 1.30 bits per heavy atom. The van der Waals surface area contributed by atoms with Gasteiger partial charge in [-0.15, -0.1) is 0 Å². The lowest BCUT2D eigenvalue weighted by Crippen LogP contribution is -2.30. The number of anilines is 2. The lowest BCUT2D eigenvalue weighted by Gasteiger charge is -2.27. The van der Waals surface area contributed by atoms with Gasteiger partial charge in [0, 0.05) is 24.6 Å². The van der Waals surface area contributed by atoms with Gasteiger partial charge in [0.05, 0.1) is 0 Å². The van der Waals surface area contributed by atoms with Gasteiger partial charge in [-0.2, -0.15) is 0 Å². The third-order valence-corrected chi connectivity index (χ3v) is 3.47. The highest BCUT2D eigenvalue weighted by Crippen LogP contribution is 2.24. The van der Waals surface area contributed by atoms with E-state index in [9.17, 15) is 0 Å². The largest absolute Gasteiger partial charge is 0.356 e. The summed E-state index contributed by atoms with van der Waals surface area (Å²) < 4.78 is 0. The molecule has 0 aliphatic heterocycles. The summed E-state index contributed by atoms with van der Waals surface area (Å²) in [4.78, 5) is 11.5. The van der Waals surface area contributed by atoms with Crippen LogP contribution in [0, 0.1) is 5.92 Å². The van der Waals surface area contributed by atoms with Crippen LogP contribution in [0.3, 0.4) is 0 Å². The molecule has 5 heteroatoms. The monoisotopic (exact) mass is 279 g/mol. The Kier molecular flexibility index (Phi) is 5.74. The smallest absolute Gasteiger partial charge is 0.145 e. The maximum absolute atomic E-state index is 5.54. The highest BCUT2D eigenvalue weighted by Gasteiger charge is 2.21. The van der Waals surface area contributed by atoms with Crippen LogP contribution in [0.1, 0.15) is 53.8 Å². The summed E-state index contributed by atoms with van der Waals surface area (Å²) in [5.41, 5.74) is 2.55. The normalized spacial score (nSPS) is 13.2. The number of nitrogens with zero attached hydrogens (tertiary/aromatic N) is 3. The second-order valence-corrected chi connectivity index (χ2v) is 6.38. The van der Waals surface area contributed by atoms with E-state index >= 15 is 0 Å². The van der Waals surface area contributed by atoms with E-state index in [-0.39, 0.29) is 5.41 Å². The highest BCUT2D eigenvalue weighted by atomic mass is 15.3. The third-order valence-electron chi connectivity index (χ3n) is 3.47. The van der Waals surface area contributed by atoms with Crippen LogP contribution in [-0.2, 0) is 5.41 Å². The number of hydrazine groups is 1. The Morgan fingerprint density at radius 2 is 1.95 bits per heavy atom. The van der Waals surface area contributed by atoms with E-state index in [1.54, 1.807) is 0 Å². The second-order valence-electron chi connectivity index (χ2n) is 6.38. The molecule has 1 rings (SSSR count). The zero-order valence-corrected chi connectivity index (χ0v) is 13.7. The minimum Gasteiger partial charge on any atom is -0.356 e. The van der Waals surface area contributed by atoms with Crippen molar-refractivity contribution in [1.82, 2.24) is 9.97 Å². The maximum atomic E-state index is 5.54. The van der Waals surface area contributed by atoms with Crippen molar-refractivity contribution >= 4 is 11.6 Å². The van der Waals surface area contributed by atoms with Gasteiger partial charge >= 0.3 is 0 Å². The Hall–Kier alpha value is -1.36. The number of hydrogen-bond acceptors (Lipinski definition) is 5. The summed E-state index contributed by atoms with van der Waals surface area (Å²) in [6, 6.07) is 1.92. The number of rotatable bonds is 6. The van der Waals surface area contributed by atoms with E-state index in [1.807, 2.05) is 6.07 Å². The number of nitrogen functional groups attached to an aromatic ring is 1. The second kappa shape index (κ2) is 6.88. The van der Waals surface area contributed by atoms with Gasteiger partial charge in [-0.25, -0.2) is 15.8 Å². The summed E-state index contributed by atoms with van der Waals surface area (Å²) in [6.45, 7) is 14.9. The molecule has 1 heterocycles. The molecule has 1 aromatic heterocycles. The molecule has 5 nitrogen and oxygen atoms in total. The molecule has 1 atom stereocenters. The van der Waals surface area contributed by atoms with E-state index in [0.29, 0.717) is 11.7 Å². The van der Waals surface area contributed by atoms with E-state index in [1.165, 1.54) is 0 Å². The SMILES string of the molecule is CCC(C)CN(CC)c1cc(NN)nc(C(C)(C)C)n1. The van der Waals surface area contributed by atoms with Crippen molar-refractivity contribution in [3.63, 3.8) is 0 Å². The van der Waals surface area contributed by atoms with Gasteiger partial charge in [0.15, 0.2) is 0 Å². The number of nitrogens with two attached hydrogens (primary N) is 1. The lowest BCUT2D eigenvalue weighted by atomic mass is 9.96. The summed E-state index contributed by atoms with van der Waals surface area (Å²) in [5, 5.41) is 0. The molecule has 0 saturated carbocycles. The first-order valence-electron chi connectivity index (χ1n) is 7.42. The van der Waals surface area contributed by atoms with Crippen LogP contribution in [0.5, 0.6) is 0 Å². The molecule has 20 heavy (non-hydrogen) atoms. The topological polar surface area (TPSA) is 67.1 Å². The maximum Gasteiger partial charge on any atom is 0.145 e. The Balaban J connectivity index is 3.14. The third kappa shape index (κ3) is 4.34. The van der Waals surface area contributed by atoms with Crippen LogP contribution in [0.4, 0.5) is 11.6 Å². The van der Waals surface area contributed by atoms with E-state index in [0.717, 1.165) is 31.2 Å². The van der Waals surface area contributed by atoms with Crippen LogP contribution in [0.2, 0.25) is 0 Å². The van der Waals surface area contributed by atoms with Crippen molar-refractivity contribution in [1.29, 1.82) is 0 Å².